The smallest absolute Gasteiger partial charge is 0.364 e. The molecule has 3 heterocycles. The Balaban J connectivity index is 1.62. The molecule has 84 heavy (non-hydrogen) atoms. The Bertz CT molecular complexity index is 1720. The second kappa shape index (κ2) is 43.4. The Morgan fingerprint density at radius 2 is 1.04 bits per heavy atom. The largest absolute Gasteiger partial charge is 0.477 e. The fourth-order valence-corrected chi connectivity index (χ4v) is 11.6. The summed E-state index contributed by atoms with van der Waals surface area (Å²) in [6.07, 6.45) is 6.96. The van der Waals surface area contributed by atoms with Crippen molar-refractivity contribution in [1.82, 2.24) is 10.6 Å². The predicted octanol–water partition coefficient (Wildman–Crippen LogP) is 4.17. The van der Waals surface area contributed by atoms with Crippen LogP contribution in [-0.2, 0) is 42.8 Å². The third-order valence-electron chi connectivity index (χ3n) is 16.8. The van der Waals surface area contributed by atoms with Crippen LogP contribution in [-0.4, -0.2) is 215 Å². The Morgan fingerprint density at radius 1 is 0.571 bits per heavy atom. The molecule has 0 aromatic heterocycles. The Morgan fingerprint density at radius 3 is 1.49 bits per heavy atom. The summed E-state index contributed by atoms with van der Waals surface area (Å²) in [4.78, 5) is 38.4. The summed E-state index contributed by atoms with van der Waals surface area (Å²) >= 11 is 0. The van der Waals surface area contributed by atoms with Crippen LogP contribution in [0, 0.1) is 0 Å². The molecular weight excluding hydrogens is 1100 g/mol. The lowest BCUT2D eigenvalue weighted by molar-refractivity contribution is -0.386. The van der Waals surface area contributed by atoms with Crippen molar-refractivity contribution >= 4 is 17.8 Å². The van der Waals surface area contributed by atoms with Crippen molar-refractivity contribution in [3.63, 3.8) is 0 Å². The van der Waals surface area contributed by atoms with E-state index in [2.05, 4.69) is 24.5 Å². The van der Waals surface area contributed by atoms with Crippen molar-refractivity contribution in [1.29, 1.82) is 0 Å². The van der Waals surface area contributed by atoms with Gasteiger partial charge < -0.3 is 100 Å². The maximum Gasteiger partial charge on any atom is 0.364 e. The predicted molar refractivity (Wildman–Crippen MR) is 311 cm³/mol. The van der Waals surface area contributed by atoms with Gasteiger partial charge in [0.2, 0.25) is 11.8 Å². The quantitative estimate of drug-likeness (QED) is 0.0380. The van der Waals surface area contributed by atoms with Crippen molar-refractivity contribution in [2.45, 2.75) is 342 Å². The summed E-state index contributed by atoms with van der Waals surface area (Å²) in [5, 5.41) is 136. The Hall–Kier alpha value is -2.27. The Kier molecular flexibility index (Phi) is 39.3. The van der Waals surface area contributed by atoms with Gasteiger partial charge in [-0.2, -0.15) is 0 Å². The van der Waals surface area contributed by atoms with Gasteiger partial charge in [0.1, 0.15) is 67.1 Å². The second-order valence-electron chi connectivity index (χ2n) is 24.0. The number of ether oxygens (including phenoxy) is 6. The maximum atomic E-state index is 13.4. The van der Waals surface area contributed by atoms with E-state index < -0.39 is 148 Å². The van der Waals surface area contributed by atoms with E-state index in [4.69, 9.17) is 28.4 Å². The molecule has 0 aromatic carbocycles. The average molecular weight is 1210 g/mol. The molecule has 3 rings (SSSR count). The number of carbonyl (C=O) groups excluding carboxylic acids is 2. The molecule has 2 amide bonds. The molecule has 0 saturated carbocycles. The molecule has 494 valence electrons. The number of rotatable bonds is 48. The highest BCUT2D eigenvalue weighted by Gasteiger charge is 2.60. The third kappa shape index (κ3) is 26.8. The van der Waals surface area contributed by atoms with Gasteiger partial charge in [-0.25, -0.2) is 4.79 Å². The van der Waals surface area contributed by atoms with Gasteiger partial charge in [-0.3, -0.25) is 9.59 Å². The summed E-state index contributed by atoms with van der Waals surface area (Å²) in [5.74, 6) is -6.10. The van der Waals surface area contributed by atoms with E-state index in [1.807, 2.05) is 0 Å². The van der Waals surface area contributed by atoms with E-state index in [9.17, 15) is 75.7 Å². The van der Waals surface area contributed by atoms with Crippen LogP contribution in [0.1, 0.15) is 233 Å². The zero-order chi connectivity index (χ0) is 61.9. The number of aliphatic carboxylic acids is 1. The van der Waals surface area contributed by atoms with Crippen LogP contribution in [0.2, 0.25) is 0 Å². The van der Waals surface area contributed by atoms with Crippen molar-refractivity contribution < 1.29 is 104 Å². The number of unbranched alkanes of at least 4 members (excludes halogenated alkanes) is 28. The highest BCUT2D eigenvalue weighted by Crippen LogP contribution is 2.38. The summed E-state index contributed by atoms with van der Waals surface area (Å²) in [6.45, 7) is 2.18. The van der Waals surface area contributed by atoms with Crippen LogP contribution in [0.5, 0.6) is 0 Å². The van der Waals surface area contributed by atoms with E-state index >= 15 is 0 Å². The molecule has 18 atom stereocenters. The van der Waals surface area contributed by atoms with Crippen molar-refractivity contribution in [3.05, 3.63) is 0 Å². The molecule has 0 aliphatic carbocycles. The number of aliphatic hydroxyl groups excluding tert-OH is 11. The molecule has 23 heteroatoms. The fraction of sp³-hybridized carbons (Fsp3) is 0.951. The molecule has 3 aliphatic rings. The molecule has 0 spiro atoms. The molecule has 3 saturated heterocycles. The monoisotopic (exact) mass is 1210 g/mol. The molecule has 3 aliphatic heterocycles. The lowest BCUT2D eigenvalue weighted by atomic mass is 9.88. The number of hydrogen-bond acceptors (Lipinski definition) is 20. The first-order valence-electron chi connectivity index (χ1n) is 32.4. The van der Waals surface area contributed by atoms with Crippen LogP contribution in [0.4, 0.5) is 0 Å². The van der Waals surface area contributed by atoms with Gasteiger partial charge in [-0.15, -0.1) is 0 Å². The number of nitrogens with one attached hydrogen (secondary N) is 2. The van der Waals surface area contributed by atoms with E-state index in [1.165, 1.54) is 128 Å². The summed E-state index contributed by atoms with van der Waals surface area (Å²) in [6, 6.07) is -2.52. The average Bonchev–Trinajstić information content (AvgIpc) is 1.99. The number of carbonyl (C=O) groups is 3. The minimum atomic E-state index is -3.08. The topological polar surface area (TPSA) is 373 Å². The number of amides is 2. The van der Waals surface area contributed by atoms with Gasteiger partial charge in [-0.1, -0.05) is 200 Å². The standard InChI is InChI=1S/C61H114N2O21/c1-4-6-8-10-12-14-16-17-18-19-20-21-22-23-25-26-28-30-32-34-43(68)42(63-48(71)35-33-31-29-27-24-15-13-11-9-7-5-2)40-79-58-53(75)52(74)55(47(39-66)81-58)82-59-54(76)57(51(73)46(38-65)80-59)84-61(60(77)78)36-44(69)49(62-41(3)67)56(83-61)50(72)45(70)37-64/h42-47,49-59,64-66,68-70,72-76H,4-40H2,1-3H3,(H,62,67)(H,63,71)(H,77,78). The van der Waals surface area contributed by atoms with Crippen LogP contribution in [0.3, 0.4) is 0 Å². The first kappa shape index (κ1) is 76.0. The summed E-state index contributed by atoms with van der Waals surface area (Å²) in [7, 11) is 0. The SMILES string of the molecule is CCCCCCCCCCCCCCCCCCCCCC(O)C(COC1OC(CO)C(OC2OC(CO)C(O)C(OC3(C(=O)O)CC(O)C(NC(C)=O)C(C(O)C(O)CO)O3)C2O)C(O)C1O)NC(=O)CCCCCCCCCCCCC. The molecule has 23 nitrogen and oxygen atoms in total. The number of hydrogen-bond donors (Lipinski definition) is 14. The lowest BCUT2D eigenvalue weighted by Crippen LogP contribution is -2.70. The highest BCUT2D eigenvalue weighted by molar-refractivity contribution is 5.77. The highest BCUT2D eigenvalue weighted by atomic mass is 16.8. The van der Waals surface area contributed by atoms with E-state index in [0.717, 1.165) is 58.3 Å². The molecule has 18 unspecified atom stereocenters. The molecular formula is C61H114N2O21. The van der Waals surface area contributed by atoms with Gasteiger partial charge in [0, 0.05) is 19.8 Å². The normalized spacial score (nSPS) is 29.7. The Labute approximate surface area is 499 Å². The van der Waals surface area contributed by atoms with Crippen LogP contribution in [0.15, 0.2) is 0 Å². The van der Waals surface area contributed by atoms with Crippen LogP contribution in [0.25, 0.3) is 0 Å². The van der Waals surface area contributed by atoms with Gasteiger partial charge in [0.25, 0.3) is 5.79 Å². The number of carboxylic acid groups (broad SMARTS) is 1. The lowest BCUT2D eigenvalue weighted by Gasteiger charge is -2.50. The summed E-state index contributed by atoms with van der Waals surface area (Å²) < 4.78 is 34.8. The number of aliphatic hydroxyl groups is 11. The van der Waals surface area contributed by atoms with E-state index in [1.54, 1.807) is 0 Å². The maximum absolute atomic E-state index is 13.4. The van der Waals surface area contributed by atoms with Crippen LogP contribution >= 0.6 is 0 Å². The molecule has 0 radical (unpaired) electrons. The third-order valence-corrected chi connectivity index (χ3v) is 16.8. The molecule has 3 fully saturated rings. The molecule has 0 bridgehead atoms. The van der Waals surface area contributed by atoms with Crippen molar-refractivity contribution in [2.24, 2.45) is 0 Å². The van der Waals surface area contributed by atoms with Gasteiger partial charge in [-0.05, 0) is 12.8 Å². The minimum Gasteiger partial charge on any atom is -0.477 e. The fourth-order valence-electron chi connectivity index (χ4n) is 11.6. The number of carboxylic acids is 1. The van der Waals surface area contributed by atoms with E-state index in [-0.39, 0.29) is 18.9 Å². The van der Waals surface area contributed by atoms with Gasteiger partial charge in [0.05, 0.1) is 50.7 Å². The molecule has 14 N–H and O–H groups in total. The van der Waals surface area contributed by atoms with Crippen molar-refractivity contribution in [3.8, 4) is 0 Å². The zero-order valence-electron chi connectivity index (χ0n) is 51.0. The zero-order valence-corrected chi connectivity index (χ0v) is 51.0. The first-order valence-corrected chi connectivity index (χ1v) is 32.4. The van der Waals surface area contributed by atoms with Crippen LogP contribution < -0.4 is 10.6 Å². The summed E-state index contributed by atoms with van der Waals surface area (Å²) in [5.41, 5.74) is 0. The second-order valence-corrected chi connectivity index (χ2v) is 24.0. The van der Waals surface area contributed by atoms with Crippen molar-refractivity contribution in [2.75, 3.05) is 26.4 Å². The molecule has 0 aromatic rings. The van der Waals surface area contributed by atoms with Gasteiger partial charge in [0.15, 0.2) is 12.6 Å². The first-order chi connectivity index (χ1) is 40.4. The minimum absolute atomic E-state index is 0.227. The van der Waals surface area contributed by atoms with Gasteiger partial charge >= 0.3 is 5.97 Å². The van der Waals surface area contributed by atoms with E-state index in [0.29, 0.717) is 19.3 Å².